The van der Waals surface area contributed by atoms with E-state index in [-0.39, 0.29) is 30.0 Å². The number of fused-ring (bicyclic) bond motifs is 2. The van der Waals surface area contributed by atoms with Gasteiger partial charge in [0, 0.05) is 17.3 Å². The van der Waals surface area contributed by atoms with Crippen molar-refractivity contribution in [2.75, 3.05) is 0 Å². The lowest BCUT2D eigenvalue weighted by Gasteiger charge is -2.61. The first-order valence-electron chi connectivity index (χ1n) is 9.31. The van der Waals surface area contributed by atoms with E-state index >= 15 is 0 Å². The van der Waals surface area contributed by atoms with Crippen molar-refractivity contribution in [3.05, 3.63) is 12.2 Å². The quantitative estimate of drug-likeness (QED) is 0.764. The first-order valence-corrected chi connectivity index (χ1v) is 9.31. The Morgan fingerprint density at radius 3 is 2.68 bits per heavy atom. The Morgan fingerprint density at radius 2 is 2.04 bits per heavy atom. The third-order valence-corrected chi connectivity index (χ3v) is 6.64. The summed E-state index contributed by atoms with van der Waals surface area (Å²) in [5.41, 5.74) is -1.80. The number of aliphatic hydroxyl groups excluding tert-OH is 2. The van der Waals surface area contributed by atoms with E-state index in [1.165, 1.54) is 0 Å². The second-order valence-electron chi connectivity index (χ2n) is 9.34. The minimum atomic E-state index is -0.838. The molecule has 0 radical (unpaired) electrons. The molecule has 1 spiro atoms. The van der Waals surface area contributed by atoms with Crippen molar-refractivity contribution in [3.63, 3.8) is 0 Å². The highest BCUT2D eigenvalue weighted by molar-refractivity contribution is 5.96. The van der Waals surface area contributed by atoms with Crippen LogP contribution in [0.15, 0.2) is 12.2 Å². The monoisotopic (exact) mass is 350 g/mol. The predicted molar refractivity (Wildman–Crippen MR) is 92.6 cm³/mol. The number of rotatable bonds is 3. The highest BCUT2D eigenvalue weighted by atomic mass is 16.6. The molecular weight excluding hydrogens is 320 g/mol. The summed E-state index contributed by atoms with van der Waals surface area (Å²) >= 11 is 0. The average Bonchev–Trinajstić information content (AvgIpc) is 2.52. The molecule has 0 aromatic heterocycles. The van der Waals surface area contributed by atoms with E-state index in [9.17, 15) is 19.8 Å². The molecule has 0 aromatic carbocycles. The van der Waals surface area contributed by atoms with Crippen LogP contribution in [-0.4, -0.2) is 39.8 Å². The van der Waals surface area contributed by atoms with Crippen LogP contribution in [0.5, 0.6) is 0 Å². The Bertz CT molecular complexity index is 604. The van der Waals surface area contributed by atoms with Gasteiger partial charge in [0.2, 0.25) is 0 Å². The SMILES string of the molecule is CC(C)(C)OC(=O)CC[C@]1(C)C(=O)C=CC23CCC(CC21)C(O)C3O. The molecule has 4 aliphatic carbocycles. The summed E-state index contributed by atoms with van der Waals surface area (Å²) in [5.74, 6) is -0.299. The van der Waals surface area contributed by atoms with Gasteiger partial charge >= 0.3 is 5.97 Å². The van der Waals surface area contributed by atoms with Crippen LogP contribution in [0, 0.1) is 22.7 Å². The zero-order valence-electron chi connectivity index (χ0n) is 15.6. The van der Waals surface area contributed by atoms with Gasteiger partial charge in [-0.3, -0.25) is 9.59 Å². The van der Waals surface area contributed by atoms with Crippen molar-refractivity contribution >= 4 is 11.8 Å². The Kier molecular flexibility index (Phi) is 4.40. The number of carbonyl (C=O) groups is 2. The number of hydrogen-bond acceptors (Lipinski definition) is 5. The molecule has 6 atom stereocenters. The van der Waals surface area contributed by atoms with Crippen molar-refractivity contribution in [2.45, 2.75) is 77.6 Å². The van der Waals surface area contributed by atoms with Crippen LogP contribution >= 0.6 is 0 Å². The number of hydrogen-bond donors (Lipinski definition) is 2. The molecule has 4 aliphatic rings. The van der Waals surface area contributed by atoms with Crippen LogP contribution in [-0.2, 0) is 14.3 Å². The standard InChI is InChI=1S/C20H30O5/c1-18(2,3)25-15(22)7-8-19(4)13-11-12-5-9-20(13,10-6-14(19)21)17(24)16(12)23/h6,10,12-13,16-17,23-24H,5,7-9,11H2,1-4H3/t12?,13?,16?,17?,19-,20?/m0/s1. The molecular formula is C20H30O5. The summed E-state index contributed by atoms with van der Waals surface area (Å²) in [6.45, 7) is 7.39. The lowest BCUT2D eigenvalue weighted by molar-refractivity contribution is -0.196. The summed E-state index contributed by atoms with van der Waals surface area (Å²) in [6, 6.07) is 0. The van der Waals surface area contributed by atoms with E-state index in [0.717, 1.165) is 19.3 Å². The first-order chi connectivity index (χ1) is 11.5. The molecule has 140 valence electrons. The van der Waals surface area contributed by atoms with Gasteiger partial charge in [-0.25, -0.2) is 0 Å². The summed E-state index contributed by atoms with van der Waals surface area (Å²) in [4.78, 5) is 24.9. The van der Waals surface area contributed by atoms with Gasteiger partial charge in [0.05, 0.1) is 12.2 Å². The molecule has 0 aromatic rings. The maximum atomic E-state index is 12.7. The van der Waals surface area contributed by atoms with Crippen molar-refractivity contribution in [2.24, 2.45) is 22.7 Å². The first kappa shape index (κ1) is 18.6. The fraction of sp³-hybridized carbons (Fsp3) is 0.800. The van der Waals surface area contributed by atoms with Crippen molar-refractivity contribution in [1.29, 1.82) is 0 Å². The zero-order valence-corrected chi connectivity index (χ0v) is 15.6. The minimum Gasteiger partial charge on any atom is -0.460 e. The number of allylic oxidation sites excluding steroid dienone is 1. The van der Waals surface area contributed by atoms with Crippen molar-refractivity contribution in [3.8, 4) is 0 Å². The molecule has 0 heterocycles. The Balaban J connectivity index is 1.83. The van der Waals surface area contributed by atoms with E-state index in [2.05, 4.69) is 0 Å². The molecule has 0 saturated heterocycles. The van der Waals surface area contributed by atoms with E-state index < -0.39 is 28.6 Å². The molecule has 2 N–H and O–H groups in total. The van der Waals surface area contributed by atoms with E-state index in [1.54, 1.807) is 6.08 Å². The van der Waals surface area contributed by atoms with Gasteiger partial charge in [0.25, 0.3) is 0 Å². The van der Waals surface area contributed by atoms with Gasteiger partial charge in [-0.05, 0) is 64.4 Å². The Labute approximate surface area is 149 Å². The second-order valence-corrected chi connectivity index (χ2v) is 9.34. The van der Waals surface area contributed by atoms with Crippen LogP contribution in [0.25, 0.3) is 0 Å². The normalized spacial score (nSPS) is 43.0. The molecule has 5 heteroatoms. The number of esters is 1. The van der Waals surface area contributed by atoms with Crippen molar-refractivity contribution < 1.29 is 24.5 Å². The van der Waals surface area contributed by atoms with Crippen LogP contribution in [0.3, 0.4) is 0 Å². The zero-order chi connectivity index (χ0) is 18.6. The molecule has 2 bridgehead atoms. The topological polar surface area (TPSA) is 83.8 Å². The Morgan fingerprint density at radius 1 is 1.36 bits per heavy atom. The number of aliphatic hydroxyl groups is 2. The highest BCUT2D eigenvalue weighted by Gasteiger charge is 2.63. The lowest BCUT2D eigenvalue weighted by atomic mass is 9.44. The minimum absolute atomic E-state index is 0.0147. The van der Waals surface area contributed by atoms with Crippen LogP contribution in [0.1, 0.15) is 59.8 Å². The predicted octanol–water partition coefficient (Wildman–Crippen LogP) is 2.39. The maximum Gasteiger partial charge on any atom is 0.306 e. The fourth-order valence-electron chi connectivity index (χ4n) is 5.29. The third kappa shape index (κ3) is 2.95. The van der Waals surface area contributed by atoms with E-state index in [4.69, 9.17) is 4.74 Å². The molecule has 3 saturated carbocycles. The van der Waals surface area contributed by atoms with Gasteiger partial charge in [0.1, 0.15) is 5.60 Å². The molecule has 4 rings (SSSR count). The fourth-order valence-corrected chi connectivity index (χ4v) is 5.29. The average molecular weight is 350 g/mol. The molecule has 5 nitrogen and oxygen atoms in total. The summed E-state index contributed by atoms with van der Waals surface area (Å²) in [7, 11) is 0. The molecule has 0 amide bonds. The number of carbonyl (C=O) groups excluding carboxylic acids is 2. The second kappa shape index (κ2) is 5.92. The van der Waals surface area contributed by atoms with E-state index in [1.807, 2.05) is 33.8 Å². The highest BCUT2D eigenvalue weighted by Crippen LogP contribution is 2.63. The van der Waals surface area contributed by atoms with Gasteiger partial charge in [0.15, 0.2) is 5.78 Å². The maximum absolute atomic E-state index is 12.7. The van der Waals surface area contributed by atoms with Crippen LogP contribution in [0.2, 0.25) is 0 Å². The van der Waals surface area contributed by atoms with Crippen LogP contribution in [0.4, 0.5) is 0 Å². The lowest BCUT2D eigenvalue weighted by Crippen LogP contribution is -2.64. The summed E-state index contributed by atoms with van der Waals surface area (Å²) in [5, 5.41) is 21.0. The van der Waals surface area contributed by atoms with Crippen molar-refractivity contribution in [1.82, 2.24) is 0 Å². The van der Waals surface area contributed by atoms with Crippen LogP contribution < -0.4 is 0 Å². The smallest absolute Gasteiger partial charge is 0.306 e. The third-order valence-electron chi connectivity index (χ3n) is 6.64. The number of ketones is 1. The molecule has 0 aliphatic heterocycles. The van der Waals surface area contributed by atoms with E-state index in [0.29, 0.717) is 6.42 Å². The van der Waals surface area contributed by atoms with Gasteiger partial charge in [-0.1, -0.05) is 13.0 Å². The van der Waals surface area contributed by atoms with Gasteiger partial charge in [-0.15, -0.1) is 0 Å². The molecule has 25 heavy (non-hydrogen) atoms. The molecule has 5 unspecified atom stereocenters. The number of ether oxygens (including phenoxy) is 1. The molecule has 3 fully saturated rings. The largest absolute Gasteiger partial charge is 0.460 e. The Hall–Kier alpha value is -1.20. The summed E-state index contributed by atoms with van der Waals surface area (Å²) in [6.07, 6.45) is 4.80. The summed E-state index contributed by atoms with van der Waals surface area (Å²) < 4.78 is 5.39. The van der Waals surface area contributed by atoms with Gasteiger partial charge in [-0.2, -0.15) is 0 Å². The van der Waals surface area contributed by atoms with Gasteiger partial charge < -0.3 is 14.9 Å².